The van der Waals surface area contributed by atoms with Crippen molar-refractivity contribution < 1.29 is 13.3 Å². The first-order chi connectivity index (χ1) is 13.0. The van der Waals surface area contributed by atoms with Gasteiger partial charge in [0, 0.05) is 29.1 Å². The molecule has 0 aliphatic heterocycles. The highest BCUT2D eigenvalue weighted by atomic mass is 19.1. The number of benzene rings is 1. The lowest BCUT2D eigenvalue weighted by Crippen LogP contribution is -1.98. The van der Waals surface area contributed by atoms with Gasteiger partial charge in [0.1, 0.15) is 11.5 Å². The van der Waals surface area contributed by atoms with Crippen LogP contribution in [0.25, 0.3) is 34.1 Å². The molecular formula is C20H14F2N4O. The normalized spacial score (nSPS) is 11.0. The summed E-state index contributed by atoms with van der Waals surface area (Å²) >= 11 is 0. The summed E-state index contributed by atoms with van der Waals surface area (Å²) in [6.07, 6.45) is 3.25. The largest absolute Gasteiger partial charge is 0.334 e. The van der Waals surface area contributed by atoms with Crippen molar-refractivity contribution in [2.24, 2.45) is 0 Å². The van der Waals surface area contributed by atoms with Gasteiger partial charge in [0.25, 0.3) is 5.89 Å². The Morgan fingerprint density at radius 1 is 0.963 bits per heavy atom. The van der Waals surface area contributed by atoms with Crippen LogP contribution in [0.15, 0.2) is 53.3 Å². The Hall–Kier alpha value is -3.48. The van der Waals surface area contributed by atoms with Crippen molar-refractivity contribution in [2.75, 3.05) is 0 Å². The van der Waals surface area contributed by atoms with E-state index in [4.69, 9.17) is 4.52 Å². The van der Waals surface area contributed by atoms with Crippen LogP contribution in [0.5, 0.6) is 0 Å². The van der Waals surface area contributed by atoms with Crippen LogP contribution in [-0.2, 0) is 0 Å². The first-order valence-corrected chi connectivity index (χ1v) is 8.21. The minimum absolute atomic E-state index is 0.160. The zero-order chi connectivity index (χ0) is 19.0. The average Bonchev–Trinajstić information content (AvgIpc) is 3.15. The zero-order valence-corrected chi connectivity index (χ0v) is 14.6. The van der Waals surface area contributed by atoms with Crippen LogP contribution in [0.1, 0.15) is 11.3 Å². The summed E-state index contributed by atoms with van der Waals surface area (Å²) in [5.74, 6) is -0.478. The lowest BCUT2D eigenvalue weighted by molar-refractivity contribution is 0.431. The van der Waals surface area contributed by atoms with Crippen LogP contribution in [0.3, 0.4) is 0 Å². The summed E-state index contributed by atoms with van der Waals surface area (Å²) in [6, 6.07) is 9.21. The van der Waals surface area contributed by atoms with Gasteiger partial charge in [-0.3, -0.25) is 4.98 Å². The molecule has 7 heteroatoms. The molecule has 134 valence electrons. The van der Waals surface area contributed by atoms with E-state index in [1.165, 1.54) is 12.1 Å². The number of halogens is 2. The predicted octanol–water partition coefficient (Wildman–Crippen LogP) is 4.76. The SMILES string of the molecule is Cc1ccncc1-c1cc(-c2noc(-c3cccc(F)c3)n2)nc(C)c1F. The number of aryl methyl sites for hydroxylation is 2. The third-order valence-corrected chi connectivity index (χ3v) is 4.18. The number of aromatic nitrogens is 4. The van der Waals surface area contributed by atoms with Crippen LogP contribution < -0.4 is 0 Å². The van der Waals surface area contributed by atoms with E-state index in [1.54, 1.807) is 43.6 Å². The van der Waals surface area contributed by atoms with Crippen LogP contribution in [0.4, 0.5) is 8.78 Å². The molecule has 0 fully saturated rings. The summed E-state index contributed by atoms with van der Waals surface area (Å²) in [5, 5.41) is 3.91. The minimum Gasteiger partial charge on any atom is -0.334 e. The molecule has 0 spiro atoms. The van der Waals surface area contributed by atoms with Crippen molar-refractivity contribution in [3.05, 3.63) is 71.7 Å². The monoisotopic (exact) mass is 364 g/mol. The highest BCUT2D eigenvalue weighted by Gasteiger charge is 2.18. The fourth-order valence-corrected chi connectivity index (χ4v) is 2.78. The van der Waals surface area contributed by atoms with Gasteiger partial charge in [-0.15, -0.1) is 0 Å². The Kier molecular flexibility index (Phi) is 4.19. The molecule has 0 N–H and O–H groups in total. The van der Waals surface area contributed by atoms with E-state index in [0.717, 1.165) is 5.56 Å². The number of hydrogen-bond acceptors (Lipinski definition) is 5. The molecule has 4 rings (SSSR count). The van der Waals surface area contributed by atoms with Crippen molar-refractivity contribution in [2.45, 2.75) is 13.8 Å². The van der Waals surface area contributed by atoms with Gasteiger partial charge in [-0.25, -0.2) is 13.8 Å². The molecule has 1 aromatic carbocycles. The molecule has 0 aliphatic carbocycles. The lowest BCUT2D eigenvalue weighted by atomic mass is 10.0. The molecular weight excluding hydrogens is 350 g/mol. The molecule has 5 nitrogen and oxygen atoms in total. The Morgan fingerprint density at radius 3 is 2.59 bits per heavy atom. The van der Waals surface area contributed by atoms with Crippen LogP contribution in [-0.4, -0.2) is 20.1 Å². The molecule has 0 radical (unpaired) electrons. The summed E-state index contributed by atoms with van der Waals surface area (Å²) < 4.78 is 33.3. The Labute approximate surface area is 153 Å². The van der Waals surface area contributed by atoms with E-state index in [-0.39, 0.29) is 17.4 Å². The molecule has 0 saturated carbocycles. The number of rotatable bonds is 3. The Morgan fingerprint density at radius 2 is 1.81 bits per heavy atom. The molecule has 0 saturated heterocycles. The maximum atomic E-state index is 14.7. The van der Waals surface area contributed by atoms with E-state index >= 15 is 0 Å². The van der Waals surface area contributed by atoms with E-state index in [1.807, 2.05) is 6.92 Å². The fourth-order valence-electron chi connectivity index (χ4n) is 2.78. The molecule has 0 amide bonds. The van der Waals surface area contributed by atoms with Crippen molar-refractivity contribution in [1.82, 2.24) is 20.1 Å². The summed E-state index contributed by atoms with van der Waals surface area (Å²) in [4.78, 5) is 12.6. The minimum atomic E-state index is -0.427. The molecule has 4 aromatic rings. The first-order valence-electron chi connectivity index (χ1n) is 8.21. The van der Waals surface area contributed by atoms with Crippen molar-refractivity contribution in [3.63, 3.8) is 0 Å². The summed E-state index contributed by atoms with van der Waals surface area (Å²) in [6.45, 7) is 3.45. The first kappa shape index (κ1) is 17.0. The highest BCUT2D eigenvalue weighted by Crippen LogP contribution is 2.30. The van der Waals surface area contributed by atoms with Gasteiger partial charge in [-0.1, -0.05) is 11.2 Å². The van der Waals surface area contributed by atoms with Crippen LogP contribution in [0.2, 0.25) is 0 Å². The Balaban J connectivity index is 1.81. The highest BCUT2D eigenvalue weighted by molar-refractivity contribution is 5.71. The van der Waals surface area contributed by atoms with Crippen molar-refractivity contribution in [1.29, 1.82) is 0 Å². The molecule has 3 aromatic heterocycles. The smallest absolute Gasteiger partial charge is 0.258 e. The van der Waals surface area contributed by atoms with Crippen LogP contribution >= 0.6 is 0 Å². The van der Waals surface area contributed by atoms with Crippen LogP contribution in [0, 0.1) is 25.5 Å². The Bertz CT molecular complexity index is 1140. The molecule has 27 heavy (non-hydrogen) atoms. The third-order valence-electron chi connectivity index (χ3n) is 4.18. The van der Waals surface area contributed by atoms with Gasteiger partial charge < -0.3 is 4.52 Å². The molecule has 3 heterocycles. The van der Waals surface area contributed by atoms with Gasteiger partial charge in [-0.05, 0) is 49.7 Å². The second-order valence-corrected chi connectivity index (χ2v) is 6.08. The van der Waals surface area contributed by atoms with Gasteiger partial charge in [0.05, 0.1) is 5.69 Å². The average molecular weight is 364 g/mol. The number of nitrogens with zero attached hydrogens (tertiary/aromatic N) is 4. The molecule has 0 atom stereocenters. The fraction of sp³-hybridized carbons (Fsp3) is 0.100. The molecule has 0 aliphatic rings. The van der Waals surface area contributed by atoms with Gasteiger partial charge in [0.2, 0.25) is 5.82 Å². The van der Waals surface area contributed by atoms with E-state index in [2.05, 4.69) is 20.1 Å². The standard InChI is InChI=1S/C20H14F2N4O/c1-11-6-7-23-10-16(11)15-9-17(24-12(2)18(15)22)19-25-20(27-26-19)13-4-3-5-14(21)8-13/h3-10H,1-2H3. The van der Waals surface area contributed by atoms with Gasteiger partial charge >= 0.3 is 0 Å². The zero-order valence-electron chi connectivity index (χ0n) is 14.6. The third kappa shape index (κ3) is 3.19. The quantitative estimate of drug-likeness (QED) is 0.525. The second kappa shape index (κ2) is 6.68. The predicted molar refractivity (Wildman–Crippen MR) is 95.6 cm³/mol. The van der Waals surface area contributed by atoms with E-state index < -0.39 is 11.6 Å². The van der Waals surface area contributed by atoms with Gasteiger partial charge in [-0.2, -0.15) is 4.98 Å². The maximum Gasteiger partial charge on any atom is 0.258 e. The number of pyridine rings is 2. The van der Waals surface area contributed by atoms with Crippen molar-refractivity contribution in [3.8, 4) is 34.1 Å². The second-order valence-electron chi connectivity index (χ2n) is 6.08. The van der Waals surface area contributed by atoms with E-state index in [0.29, 0.717) is 22.4 Å². The topological polar surface area (TPSA) is 64.7 Å². The lowest BCUT2D eigenvalue weighted by Gasteiger charge is -2.09. The number of hydrogen-bond donors (Lipinski definition) is 0. The molecule has 0 bridgehead atoms. The summed E-state index contributed by atoms with van der Waals surface area (Å²) in [5.41, 5.74) is 2.93. The van der Waals surface area contributed by atoms with E-state index in [9.17, 15) is 8.78 Å². The summed E-state index contributed by atoms with van der Waals surface area (Å²) in [7, 11) is 0. The maximum absolute atomic E-state index is 14.7. The van der Waals surface area contributed by atoms with Gasteiger partial charge in [0.15, 0.2) is 5.82 Å². The van der Waals surface area contributed by atoms with Crippen molar-refractivity contribution >= 4 is 0 Å². The molecule has 0 unspecified atom stereocenters.